The molecule has 0 unspecified atom stereocenters. The maximum absolute atomic E-state index is 11.8. The maximum Gasteiger partial charge on any atom is 0.251 e. The summed E-state index contributed by atoms with van der Waals surface area (Å²) in [4.78, 5) is 28.8. The number of amides is 2. The summed E-state index contributed by atoms with van der Waals surface area (Å²) in [6.07, 6.45) is 0. The van der Waals surface area contributed by atoms with E-state index in [0.29, 0.717) is 17.8 Å². The Kier molecular flexibility index (Phi) is 5.09. The van der Waals surface area contributed by atoms with Crippen LogP contribution < -0.4 is 5.32 Å². The highest BCUT2D eigenvalue weighted by atomic mass is 35.5. The van der Waals surface area contributed by atoms with Crippen LogP contribution in [-0.2, 0) is 4.79 Å². The van der Waals surface area contributed by atoms with Crippen LogP contribution in [0.4, 0.5) is 0 Å². The maximum atomic E-state index is 11.8. The van der Waals surface area contributed by atoms with E-state index in [1.54, 1.807) is 20.0 Å². The average Bonchev–Trinajstić information content (AvgIpc) is 2.33. The zero-order valence-corrected chi connectivity index (χ0v) is 11.4. The Hall–Kier alpha value is -1.62. The van der Waals surface area contributed by atoms with Gasteiger partial charge >= 0.3 is 0 Å². The lowest BCUT2D eigenvalue weighted by molar-refractivity contribution is -0.128. The average molecular weight is 270 g/mol. The summed E-state index contributed by atoms with van der Waals surface area (Å²) in [6.45, 7) is 4.20. The summed E-state index contributed by atoms with van der Waals surface area (Å²) < 4.78 is 0. The topological polar surface area (TPSA) is 62.3 Å². The zero-order chi connectivity index (χ0) is 13.7. The van der Waals surface area contributed by atoms with Crippen LogP contribution in [0, 0.1) is 6.92 Å². The van der Waals surface area contributed by atoms with Crippen molar-refractivity contribution in [3.05, 3.63) is 28.5 Å². The summed E-state index contributed by atoms with van der Waals surface area (Å²) in [7, 11) is 1.68. The van der Waals surface area contributed by atoms with E-state index in [1.807, 2.05) is 6.92 Å². The molecular formula is C12H16ClN3O2. The van der Waals surface area contributed by atoms with Crippen molar-refractivity contribution in [3.8, 4) is 0 Å². The van der Waals surface area contributed by atoms with Gasteiger partial charge in [-0.05, 0) is 26.0 Å². The quantitative estimate of drug-likeness (QED) is 0.837. The molecule has 1 rings (SSSR count). The number of hydrogen-bond donors (Lipinski definition) is 1. The van der Waals surface area contributed by atoms with E-state index in [2.05, 4.69) is 10.3 Å². The SMILES string of the molecule is CCN(C)C(=O)CNC(=O)c1cc(C)nc(Cl)c1. The third-order valence-corrected chi connectivity index (χ3v) is 2.68. The number of nitrogens with zero attached hydrogens (tertiary/aromatic N) is 2. The van der Waals surface area contributed by atoms with Gasteiger partial charge in [0.1, 0.15) is 5.15 Å². The molecule has 0 bridgehead atoms. The Morgan fingerprint density at radius 2 is 2.11 bits per heavy atom. The van der Waals surface area contributed by atoms with E-state index >= 15 is 0 Å². The highest BCUT2D eigenvalue weighted by molar-refractivity contribution is 6.29. The molecule has 1 aromatic heterocycles. The Labute approximate surface area is 111 Å². The highest BCUT2D eigenvalue weighted by Gasteiger charge is 2.11. The van der Waals surface area contributed by atoms with Gasteiger partial charge in [-0.15, -0.1) is 0 Å². The molecule has 0 radical (unpaired) electrons. The molecule has 0 aliphatic heterocycles. The molecule has 0 saturated heterocycles. The predicted molar refractivity (Wildman–Crippen MR) is 69.6 cm³/mol. The fraction of sp³-hybridized carbons (Fsp3) is 0.417. The van der Waals surface area contributed by atoms with E-state index in [9.17, 15) is 9.59 Å². The molecule has 0 saturated carbocycles. The van der Waals surface area contributed by atoms with Crippen LogP contribution in [0.5, 0.6) is 0 Å². The molecule has 18 heavy (non-hydrogen) atoms. The van der Waals surface area contributed by atoms with Crippen molar-refractivity contribution in [1.82, 2.24) is 15.2 Å². The minimum Gasteiger partial charge on any atom is -0.345 e. The Balaban J connectivity index is 2.63. The van der Waals surface area contributed by atoms with E-state index < -0.39 is 0 Å². The normalized spacial score (nSPS) is 10.0. The molecule has 6 heteroatoms. The predicted octanol–water partition coefficient (Wildman–Crippen LogP) is 1.25. The van der Waals surface area contributed by atoms with Crippen molar-refractivity contribution >= 4 is 23.4 Å². The second kappa shape index (κ2) is 6.35. The van der Waals surface area contributed by atoms with Gasteiger partial charge in [0.05, 0.1) is 6.54 Å². The van der Waals surface area contributed by atoms with Crippen molar-refractivity contribution < 1.29 is 9.59 Å². The van der Waals surface area contributed by atoms with Crippen LogP contribution >= 0.6 is 11.6 Å². The van der Waals surface area contributed by atoms with Gasteiger partial charge in [0.25, 0.3) is 5.91 Å². The molecule has 0 atom stereocenters. The third-order valence-electron chi connectivity index (χ3n) is 2.48. The number of halogens is 1. The third kappa shape index (κ3) is 4.00. The molecule has 0 aliphatic carbocycles. The first-order valence-corrected chi connectivity index (χ1v) is 5.98. The number of pyridine rings is 1. The second-order valence-electron chi connectivity index (χ2n) is 3.91. The number of carbonyl (C=O) groups is 2. The van der Waals surface area contributed by atoms with Crippen LogP contribution in [0.3, 0.4) is 0 Å². The monoisotopic (exact) mass is 269 g/mol. The summed E-state index contributed by atoms with van der Waals surface area (Å²) >= 11 is 5.76. The lowest BCUT2D eigenvalue weighted by atomic mass is 10.2. The van der Waals surface area contributed by atoms with E-state index in [-0.39, 0.29) is 23.5 Å². The molecule has 0 aliphatic rings. The standard InChI is InChI=1S/C12H16ClN3O2/c1-4-16(3)11(17)7-14-12(18)9-5-8(2)15-10(13)6-9/h5-6H,4,7H2,1-3H3,(H,14,18). The van der Waals surface area contributed by atoms with E-state index in [1.165, 1.54) is 11.0 Å². The minimum atomic E-state index is -0.333. The van der Waals surface area contributed by atoms with Gasteiger partial charge in [-0.3, -0.25) is 9.59 Å². The molecular weight excluding hydrogens is 254 g/mol. The Morgan fingerprint density at radius 1 is 1.44 bits per heavy atom. The number of nitrogens with one attached hydrogen (secondary N) is 1. The number of aromatic nitrogens is 1. The summed E-state index contributed by atoms with van der Waals surface area (Å²) in [6, 6.07) is 3.09. The van der Waals surface area contributed by atoms with Gasteiger partial charge in [-0.1, -0.05) is 11.6 Å². The largest absolute Gasteiger partial charge is 0.345 e. The molecule has 0 spiro atoms. The molecule has 1 aromatic rings. The van der Waals surface area contributed by atoms with Gasteiger partial charge in [-0.2, -0.15) is 0 Å². The van der Waals surface area contributed by atoms with Gasteiger partial charge in [-0.25, -0.2) is 4.98 Å². The van der Waals surface area contributed by atoms with Gasteiger partial charge in [0, 0.05) is 24.8 Å². The first-order valence-electron chi connectivity index (χ1n) is 5.60. The fourth-order valence-electron chi connectivity index (χ4n) is 1.33. The number of hydrogen-bond acceptors (Lipinski definition) is 3. The number of rotatable bonds is 4. The number of carbonyl (C=O) groups excluding carboxylic acids is 2. The summed E-state index contributed by atoms with van der Waals surface area (Å²) in [5.41, 5.74) is 1.06. The van der Waals surface area contributed by atoms with Gasteiger partial charge in [0.2, 0.25) is 5.91 Å². The fourth-order valence-corrected chi connectivity index (χ4v) is 1.58. The number of aryl methyl sites for hydroxylation is 1. The van der Waals surface area contributed by atoms with Gasteiger partial charge < -0.3 is 10.2 Å². The van der Waals surface area contributed by atoms with Crippen LogP contribution in [0.25, 0.3) is 0 Å². The molecule has 1 heterocycles. The molecule has 0 aromatic carbocycles. The van der Waals surface area contributed by atoms with Crippen LogP contribution in [0.15, 0.2) is 12.1 Å². The summed E-state index contributed by atoms with van der Waals surface area (Å²) in [5.74, 6) is -0.469. The second-order valence-corrected chi connectivity index (χ2v) is 4.30. The van der Waals surface area contributed by atoms with Crippen LogP contribution in [-0.4, -0.2) is 41.8 Å². The Morgan fingerprint density at radius 3 is 2.67 bits per heavy atom. The van der Waals surface area contributed by atoms with Crippen LogP contribution in [0.1, 0.15) is 23.0 Å². The van der Waals surface area contributed by atoms with E-state index in [0.717, 1.165) is 0 Å². The summed E-state index contributed by atoms with van der Waals surface area (Å²) in [5, 5.41) is 2.81. The molecule has 5 nitrogen and oxygen atoms in total. The van der Waals surface area contributed by atoms with Gasteiger partial charge in [0.15, 0.2) is 0 Å². The molecule has 0 fully saturated rings. The first kappa shape index (κ1) is 14.4. The van der Waals surface area contributed by atoms with E-state index in [4.69, 9.17) is 11.6 Å². The zero-order valence-electron chi connectivity index (χ0n) is 10.7. The molecule has 2 amide bonds. The molecule has 98 valence electrons. The highest BCUT2D eigenvalue weighted by Crippen LogP contribution is 2.10. The lowest BCUT2D eigenvalue weighted by Gasteiger charge is -2.14. The molecule has 1 N–H and O–H groups in total. The van der Waals surface area contributed by atoms with Crippen molar-refractivity contribution in [1.29, 1.82) is 0 Å². The van der Waals surface area contributed by atoms with Crippen molar-refractivity contribution in [3.63, 3.8) is 0 Å². The number of likely N-dealkylation sites (N-methyl/N-ethyl adjacent to an activating group) is 1. The van der Waals surface area contributed by atoms with Crippen molar-refractivity contribution in [2.75, 3.05) is 20.1 Å². The minimum absolute atomic E-state index is 0.0256. The van der Waals surface area contributed by atoms with Crippen molar-refractivity contribution in [2.45, 2.75) is 13.8 Å². The van der Waals surface area contributed by atoms with Crippen molar-refractivity contribution in [2.24, 2.45) is 0 Å². The first-order chi connectivity index (χ1) is 8.43. The Bertz CT molecular complexity index is 442. The smallest absolute Gasteiger partial charge is 0.251 e. The van der Waals surface area contributed by atoms with Crippen LogP contribution in [0.2, 0.25) is 5.15 Å². The lowest BCUT2D eigenvalue weighted by Crippen LogP contribution is -2.38.